The van der Waals surface area contributed by atoms with E-state index in [0.717, 1.165) is 5.03 Å². The van der Waals surface area contributed by atoms with Gasteiger partial charge < -0.3 is 10.5 Å². The summed E-state index contributed by atoms with van der Waals surface area (Å²) in [6, 6.07) is 3.80. The molecule has 2 N–H and O–H groups in total. The topological polar surface area (TPSA) is 48.1 Å². The number of nitrogens with two attached hydrogens (primary N) is 1. The zero-order valence-electron chi connectivity index (χ0n) is 11.3. The molecule has 1 aromatic heterocycles. The van der Waals surface area contributed by atoms with Crippen molar-refractivity contribution in [3.63, 3.8) is 0 Å². The van der Waals surface area contributed by atoms with E-state index in [9.17, 15) is 0 Å². The second-order valence-electron chi connectivity index (χ2n) is 5.46. The summed E-state index contributed by atoms with van der Waals surface area (Å²) < 4.78 is 5.74. The Hall–Kier alpha value is -0.900. The first-order valence-electron chi connectivity index (χ1n) is 5.86. The molecule has 17 heavy (non-hydrogen) atoms. The van der Waals surface area contributed by atoms with E-state index in [-0.39, 0.29) is 4.75 Å². The summed E-state index contributed by atoms with van der Waals surface area (Å²) >= 11 is 1.71. The predicted molar refractivity (Wildman–Crippen MR) is 74.6 cm³/mol. The fourth-order valence-corrected chi connectivity index (χ4v) is 2.06. The molecule has 0 atom stereocenters. The number of hydrogen-bond donors (Lipinski definition) is 1. The molecule has 0 aromatic carbocycles. The largest absolute Gasteiger partial charge is 0.476 e. The van der Waals surface area contributed by atoms with Crippen LogP contribution in [0.15, 0.2) is 17.2 Å². The van der Waals surface area contributed by atoms with Crippen LogP contribution in [0.5, 0.6) is 5.88 Å². The van der Waals surface area contributed by atoms with Crippen LogP contribution in [0.4, 0.5) is 5.69 Å². The number of hydrogen-bond acceptors (Lipinski definition) is 4. The monoisotopic (exact) mass is 254 g/mol. The Kier molecular flexibility index (Phi) is 4.69. The van der Waals surface area contributed by atoms with Gasteiger partial charge in [0.2, 0.25) is 5.88 Å². The van der Waals surface area contributed by atoms with Gasteiger partial charge in [-0.05, 0) is 18.1 Å². The third-order valence-electron chi connectivity index (χ3n) is 1.83. The lowest BCUT2D eigenvalue weighted by molar-refractivity contribution is 0.261. The molecular weight excluding hydrogens is 232 g/mol. The maximum atomic E-state index is 5.84. The fourth-order valence-electron chi connectivity index (χ4n) is 1.17. The molecule has 96 valence electrons. The van der Waals surface area contributed by atoms with E-state index in [1.165, 1.54) is 0 Å². The molecule has 4 heteroatoms. The van der Waals surface area contributed by atoms with Crippen LogP contribution in [0.25, 0.3) is 0 Å². The van der Waals surface area contributed by atoms with E-state index >= 15 is 0 Å². The first-order valence-corrected chi connectivity index (χ1v) is 6.68. The Balaban J connectivity index is 2.79. The average molecular weight is 254 g/mol. The van der Waals surface area contributed by atoms with Gasteiger partial charge in [0.05, 0.1) is 12.3 Å². The molecule has 0 saturated heterocycles. The quantitative estimate of drug-likeness (QED) is 0.834. The maximum absolute atomic E-state index is 5.84. The lowest BCUT2D eigenvalue weighted by Gasteiger charge is -2.18. The zero-order valence-corrected chi connectivity index (χ0v) is 12.1. The lowest BCUT2D eigenvalue weighted by Crippen LogP contribution is -2.10. The third kappa shape index (κ3) is 5.31. The number of nitrogen functional groups attached to an aromatic ring is 1. The van der Waals surface area contributed by atoms with E-state index < -0.39 is 0 Å². The van der Waals surface area contributed by atoms with Crippen molar-refractivity contribution in [1.82, 2.24) is 4.98 Å². The van der Waals surface area contributed by atoms with Crippen molar-refractivity contribution < 1.29 is 4.74 Å². The van der Waals surface area contributed by atoms with Crippen LogP contribution < -0.4 is 10.5 Å². The van der Waals surface area contributed by atoms with Gasteiger partial charge in [0, 0.05) is 4.75 Å². The second kappa shape index (κ2) is 5.63. The summed E-state index contributed by atoms with van der Waals surface area (Å²) in [7, 11) is 0. The van der Waals surface area contributed by atoms with Crippen LogP contribution in [-0.2, 0) is 0 Å². The van der Waals surface area contributed by atoms with Gasteiger partial charge in [0.25, 0.3) is 0 Å². The molecule has 3 nitrogen and oxygen atoms in total. The number of ether oxygens (including phenoxy) is 1. The van der Waals surface area contributed by atoms with Crippen LogP contribution in [0.2, 0.25) is 0 Å². The van der Waals surface area contributed by atoms with Crippen LogP contribution in [-0.4, -0.2) is 16.3 Å². The van der Waals surface area contributed by atoms with Gasteiger partial charge in [-0.2, -0.15) is 0 Å². The number of thioether (sulfide) groups is 1. The Morgan fingerprint density at radius 1 is 1.35 bits per heavy atom. The normalized spacial score (nSPS) is 11.9. The first-order chi connectivity index (χ1) is 7.78. The SMILES string of the molecule is CC(C)COc1nc(SC(C)(C)C)ccc1N. The van der Waals surface area contributed by atoms with Gasteiger partial charge in [0.1, 0.15) is 5.03 Å². The third-order valence-corrected chi connectivity index (χ3v) is 2.88. The zero-order chi connectivity index (χ0) is 13.1. The predicted octanol–water partition coefficient (Wildman–Crippen LogP) is 3.59. The van der Waals surface area contributed by atoms with Gasteiger partial charge in [-0.1, -0.05) is 34.6 Å². The van der Waals surface area contributed by atoms with E-state index in [0.29, 0.717) is 24.1 Å². The van der Waals surface area contributed by atoms with E-state index in [1.807, 2.05) is 12.1 Å². The highest BCUT2D eigenvalue weighted by atomic mass is 32.2. The Bertz CT molecular complexity index is 372. The average Bonchev–Trinajstić information content (AvgIpc) is 2.16. The minimum atomic E-state index is 0.137. The van der Waals surface area contributed by atoms with Crippen molar-refractivity contribution in [3.8, 4) is 5.88 Å². The number of rotatable bonds is 4. The molecule has 0 aliphatic carbocycles. The van der Waals surface area contributed by atoms with E-state index in [4.69, 9.17) is 10.5 Å². The summed E-state index contributed by atoms with van der Waals surface area (Å²) in [6.45, 7) is 11.3. The fraction of sp³-hybridized carbons (Fsp3) is 0.615. The molecule has 0 fully saturated rings. The molecule has 0 amide bonds. The van der Waals surface area contributed by atoms with Crippen molar-refractivity contribution in [3.05, 3.63) is 12.1 Å². The summed E-state index contributed by atoms with van der Waals surface area (Å²) in [5, 5.41) is 0.949. The maximum Gasteiger partial charge on any atom is 0.238 e. The van der Waals surface area contributed by atoms with Gasteiger partial charge >= 0.3 is 0 Å². The Labute approximate surface area is 108 Å². The molecule has 0 unspecified atom stereocenters. The molecule has 0 saturated carbocycles. The Morgan fingerprint density at radius 2 is 2.00 bits per heavy atom. The van der Waals surface area contributed by atoms with E-state index in [2.05, 4.69) is 39.6 Å². The summed E-state index contributed by atoms with van der Waals surface area (Å²) in [5.41, 5.74) is 6.44. The number of anilines is 1. The molecule has 0 aliphatic heterocycles. The summed E-state index contributed by atoms with van der Waals surface area (Å²) in [4.78, 5) is 4.45. The van der Waals surface area contributed by atoms with Crippen molar-refractivity contribution in [2.75, 3.05) is 12.3 Å². The van der Waals surface area contributed by atoms with Gasteiger partial charge in [0.15, 0.2) is 0 Å². The minimum absolute atomic E-state index is 0.137. The number of pyridine rings is 1. The highest BCUT2D eigenvalue weighted by molar-refractivity contribution is 8.00. The first kappa shape index (κ1) is 14.2. The van der Waals surface area contributed by atoms with Crippen molar-refractivity contribution >= 4 is 17.4 Å². The van der Waals surface area contributed by atoms with Gasteiger partial charge in [-0.15, -0.1) is 11.8 Å². The molecule has 1 aromatic rings. The molecular formula is C13H22N2OS. The molecule has 0 bridgehead atoms. The van der Waals surface area contributed by atoms with Gasteiger partial charge in [-0.3, -0.25) is 0 Å². The smallest absolute Gasteiger partial charge is 0.238 e. The standard InChI is InChI=1S/C13H22N2OS/c1-9(2)8-16-12-10(14)6-7-11(15-12)17-13(3,4)5/h6-7,9H,8,14H2,1-5H3. The van der Waals surface area contributed by atoms with Crippen molar-refractivity contribution in [2.45, 2.75) is 44.4 Å². The number of aromatic nitrogens is 1. The minimum Gasteiger partial charge on any atom is -0.476 e. The second-order valence-corrected chi connectivity index (χ2v) is 7.31. The molecule has 0 spiro atoms. The Morgan fingerprint density at radius 3 is 2.53 bits per heavy atom. The molecule has 0 radical (unpaired) electrons. The summed E-state index contributed by atoms with van der Waals surface area (Å²) in [5.74, 6) is 1.02. The highest BCUT2D eigenvalue weighted by Crippen LogP contribution is 2.33. The summed E-state index contributed by atoms with van der Waals surface area (Å²) in [6.07, 6.45) is 0. The molecule has 1 heterocycles. The van der Waals surface area contributed by atoms with Crippen molar-refractivity contribution in [2.24, 2.45) is 5.92 Å². The van der Waals surface area contributed by atoms with Crippen molar-refractivity contribution in [1.29, 1.82) is 0 Å². The van der Waals surface area contributed by atoms with Crippen LogP contribution in [0, 0.1) is 5.92 Å². The van der Waals surface area contributed by atoms with Crippen LogP contribution >= 0.6 is 11.8 Å². The molecule has 1 rings (SSSR count). The number of nitrogens with zero attached hydrogens (tertiary/aromatic N) is 1. The molecule has 0 aliphatic rings. The highest BCUT2D eigenvalue weighted by Gasteiger charge is 2.14. The lowest BCUT2D eigenvalue weighted by atomic mass is 10.2. The van der Waals surface area contributed by atoms with E-state index in [1.54, 1.807) is 11.8 Å². The van der Waals surface area contributed by atoms with Crippen LogP contribution in [0.3, 0.4) is 0 Å². The van der Waals surface area contributed by atoms with Gasteiger partial charge in [-0.25, -0.2) is 4.98 Å². The van der Waals surface area contributed by atoms with Crippen LogP contribution in [0.1, 0.15) is 34.6 Å².